The first-order chi connectivity index (χ1) is 8.20. The van der Waals surface area contributed by atoms with E-state index < -0.39 is 10.8 Å². The molecule has 2 aliphatic heterocycles. The Morgan fingerprint density at radius 3 is 2.88 bits per heavy atom. The third kappa shape index (κ3) is 3.52. The minimum absolute atomic E-state index is 0.609. The average molecular weight is 258 g/mol. The van der Waals surface area contributed by atoms with Gasteiger partial charge in [-0.25, -0.2) is 0 Å². The molecule has 100 valence electrons. The van der Waals surface area contributed by atoms with Crippen molar-refractivity contribution >= 4 is 10.8 Å². The van der Waals surface area contributed by atoms with E-state index in [4.69, 9.17) is 0 Å². The van der Waals surface area contributed by atoms with E-state index in [-0.39, 0.29) is 0 Å². The number of piperidine rings is 1. The summed E-state index contributed by atoms with van der Waals surface area (Å²) >= 11 is 0. The molecule has 0 bridgehead atoms. The van der Waals surface area contributed by atoms with Gasteiger partial charge in [-0.3, -0.25) is 14.0 Å². The minimum Gasteiger partial charge on any atom is -0.298 e. The van der Waals surface area contributed by atoms with Crippen LogP contribution in [0, 0.1) is 0 Å². The smallest absolute Gasteiger partial charge is 0.0362 e. The summed E-state index contributed by atoms with van der Waals surface area (Å²) in [5.74, 6) is 1.66. The zero-order valence-electron chi connectivity index (χ0n) is 11.2. The van der Waals surface area contributed by atoms with Crippen molar-refractivity contribution in [2.45, 2.75) is 45.2 Å². The molecule has 2 fully saturated rings. The molecule has 3 nitrogen and oxygen atoms in total. The van der Waals surface area contributed by atoms with Crippen LogP contribution in [0.4, 0.5) is 0 Å². The lowest BCUT2D eigenvalue weighted by atomic mass is 9.97. The van der Waals surface area contributed by atoms with E-state index in [0.717, 1.165) is 24.1 Å². The average Bonchev–Trinajstić information content (AvgIpc) is 2.35. The lowest BCUT2D eigenvalue weighted by molar-refractivity contribution is 0.0187. The summed E-state index contributed by atoms with van der Waals surface area (Å²) < 4.78 is 11.5. The summed E-state index contributed by atoms with van der Waals surface area (Å²) in [6, 6.07) is 1.41. The first-order valence-corrected chi connectivity index (χ1v) is 8.52. The van der Waals surface area contributed by atoms with Crippen molar-refractivity contribution in [2.75, 3.05) is 37.7 Å². The van der Waals surface area contributed by atoms with Crippen LogP contribution in [0.15, 0.2) is 0 Å². The third-order valence-electron chi connectivity index (χ3n) is 4.24. The summed E-state index contributed by atoms with van der Waals surface area (Å²) in [6.07, 6.45) is 4.13. The fraction of sp³-hybridized carbons (Fsp3) is 1.00. The molecule has 4 heteroatoms. The van der Waals surface area contributed by atoms with Gasteiger partial charge in [-0.1, -0.05) is 13.3 Å². The van der Waals surface area contributed by atoms with Gasteiger partial charge < -0.3 is 0 Å². The van der Waals surface area contributed by atoms with Crippen molar-refractivity contribution in [1.29, 1.82) is 0 Å². The van der Waals surface area contributed by atoms with Crippen LogP contribution in [-0.4, -0.2) is 63.8 Å². The van der Waals surface area contributed by atoms with Gasteiger partial charge in [0.2, 0.25) is 0 Å². The quantitative estimate of drug-likeness (QED) is 0.760. The molecular formula is C13H26N2OS. The number of piperazine rings is 1. The maximum absolute atomic E-state index is 11.5. The number of hydrogen-bond acceptors (Lipinski definition) is 3. The lowest BCUT2D eigenvalue weighted by Gasteiger charge is -2.47. The van der Waals surface area contributed by atoms with Crippen molar-refractivity contribution in [3.05, 3.63) is 0 Å². The lowest BCUT2D eigenvalue weighted by Crippen LogP contribution is -2.59. The van der Waals surface area contributed by atoms with Gasteiger partial charge in [0.15, 0.2) is 0 Å². The predicted octanol–water partition coefficient (Wildman–Crippen LogP) is 1.31. The summed E-state index contributed by atoms with van der Waals surface area (Å²) in [5.41, 5.74) is 0. The van der Waals surface area contributed by atoms with E-state index in [0.29, 0.717) is 6.04 Å². The second-order valence-corrected chi connectivity index (χ2v) is 7.29. The van der Waals surface area contributed by atoms with Crippen LogP contribution < -0.4 is 0 Å². The number of rotatable bonds is 4. The zero-order valence-corrected chi connectivity index (χ0v) is 12.0. The highest BCUT2D eigenvalue weighted by molar-refractivity contribution is 7.84. The number of fused-ring (bicyclic) bond motifs is 1. The molecule has 2 aliphatic rings. The van der Waals surface area contributed by atoms with Crippen molar-refractivity contribution in [1.82, 2.24) is 9.80 Å². The molecule has 2 saturated heterocycles. The van der Waals surface area contributed by atoms with Gasteiger partial charge in [0.05, 0.1) is 0 Å². The Morgan fingerprint density at radius 2 is 2.12 bits per heavy atom. The molecule has 17 heavy (non-hydrogen) atoms. The SMILES string of the molecule is CCS(=O)CCN1CC2CCCCN2CC1C. The van der Waals surface area contributed by atoms with Crippen LogP contribution >= 0.6 is 0 Å². The van der Waals surface area contributed by atoms with Gasteiger partial charge in [-0.15, -0.1) is 0 Å². The first kappa shape index (κ1) is 13.5. The standard InChI is InChI=1S/C13H26N2OS/c1-3-17(16)9-8-14-11-13-6-4-5-7-15(13)10-12(14)2/h12-13H,3-11H2,1-2H3. The van der Waals surface area contributed by atoms with Crippen LogP contribution in [0.2, 0.25) is 0 Å². The summed E-state index contributed by atoms with van der Waals surface area (Å²) in [4.78, 5) is 5.22. The van der Waals surface area contributed by atoms with E-state index in [1.54, 1.807) is 0 Å². The Bertz CT molecular complexity index is 272. The van der Waals surface area contributed by atoms with E-state index >= 15 is 0 Å². The number of hydrogen-bond donors (Lipinski definition) is 0. The maximum Gasteiger partial charge on any atom is 0.0362 e. The van der Waals surface area contributed by atoms with Crippen LogP contribution in [0.3, 0.4) is 0 Å². The van der Waals surface area contributed by atoms with Gasteiger partial charge in [0.25, 0.3) is 0 Å². The molecular weight excluding hydrogens is 232 g/mol. The van der Waals surface area contributed by atoms with E-state index in [2.05, 4.69) is 16.7 Å². The molecule has 0 radical (unpaired) electrons. The highest BCUT2D eigenvalue weighted by atomic mass is 32.2. The molecule has 3 unspecified atom stereocenters. The second-order valence-electron chi connectivity index (χ2n) is 5.42. The predicted molar refractivity (Wildman–Crippen MR) is 73.8 cm³/mol. The summed E-state index contributed by atoms with van der Waals surface area (Å²) in [6.45, 7) is 9.06. The van der Waals surface area contributed by atoms with Crippen LogP contribution in [0.5, 0.6) is 0 Å². The molecule has 3 atom stereocenters. The summed E-state index contributed by atoms with van der Waals surface area (Å²) in [5, 5.41) is 0. The Hall–Kier alpha value is 0.0700. The van der Waals surface area contributed by atoms with Gasteiger partial charge in [0, 0.05) is 54.0 Å². The first-order valence-electron chi connectivity index (χ1n) is 7.03. The van der Waals surface area contributed by atoms with Crippen molar-refractivity contribution in [3.63, 3.8) is 0 Å². The maximum atomic E-state index is 11.5. The fourth-order valence-electron chi connectivity index (χ4n) is 3.09. The molecule has 0 N–H and O–H groups in total. The Labute approximate surface area is 108 Å². The van der Waals surface area contributed by atoms with Crippen molar-refractivity contribution < 1.29 is 4.21 Å². The van der Waals surface area contributed by atoms with E-state index in [1.165, 1.54) is 38.9 Å². The Kier molecular flexibility index (Phi) is 5.00. The third-order valence-corrected chi connectivity index (χ3v) is 5.53. The van der Waals surface area contributed by atoms with Gasteiger partial charge in [0.1, 0.15) is 0 Å². The minimum atomic E-state index is -0.609. The molecule has 0 spiro atoms. The highest BCUT2D eigenvalue weighted by Gasteiger charge is 2.32. The summed E-state index contributed by atoms with van der Waals surface area (Å²) in [7, 11) is -0.609. The number of nitrogens with zero attached hydrogens (tertiary/aromatic N) is 2. The van der Waals surface area contributed by atoms with Crippen LogP contribution in [0.1, 0.15) is 33.1 Å². The second kappa shape index (κ2) is 6.30. The topological polar surface area (TPSA) is 23.6 Å². The van der Waals surface area contributed by atoms with Crippen molar-refractivity contribution in [2.24, 2.45) is 0 Å². The van der Waals surface area contributed by atoms with Crippen LogP contribution in [-0.2, 0) is 10.8 Å². The molecule has 0 aliphatic carbocycles. The fourth-order valence-corrected chi connectivity index (χ4v) is 3.81. The monoisotopic (exact) mass is 258 g/mol. The molecule has 0 aromatic carbocycles. The molecule has 0 aromatic rings. The largest absolute Gasteiger partial charge is 0.298 e. The van der Waals surface area contributed by atoms with Gasteiger partial charge in [-0.2, -0.15) is 0 Å². The zero-order chi connectivity index (χ0) is 12.3. The van der Waals surface area contributed by atoms with Crippen LogP contribution in [0.25, 0.3) is 0 Å². The van der Waals surface area contributed by atoms with Gasteiger partial charge in [-0.05, 0) is 26.3 Å². The Morgan fingerprint density at radius 1 is 1.29 bits per heavy atom. The van der Waals surface area contributed by atoms with Crippen molar-refractivity contribution in [3.8, 4) is 0 Å². The Balaban J connectivity index is 1.84. The normalized spacial score (nSPS) is 33.3. The molecule has 2 heterocycles. The highest BCUT2D eigenvalue weighted by Crippen LogP contribution is 2.23. The molecule has 2 rings (SSSR count). The molecule has 0 amide bonds. The van der Waals surface area contributed by atoms with E-state index in [1.807, 2.05) is 6.92 Å². The molecule has 0 saturated carbocycles. The van der Waals surface area contributed by atoms with E-state index in [9.17, 15) is 4.21 Å². The van der Waals surface area contributed by atoms with Gasteiger partial charge >= 0.3 is 0 Å². The molecule has 0 aromatic heterocycles.